The molecule has 406 valence electrons. The number of carbonyl (C=O) groups is 5. The molecule has 0 aliphatic carbocycles. The van der Waals surface area contributed by atoms with Crippen LogP contribution in [0.15, 0.2) is 72.4 Å². The summed E-state index contributed by atoms with van der Waals surface area (Å²) in [6, 6.07) is 3.15. The maximum Gasteiger partial charge on any atom is 0.325 e. The lowest BCUT2D eigenvalue weighted by molar-refractivity contribution is -0.267. The third-order valence-electron chi connectivity index (χ3n) is 15.8. The monoisotopic (exact) mass is 1020 g/mol. The van der Waals surface area contributed by atoms with Crippen LogP contribution in [0.1, 0.15) is 126 Å². The lowest BCUT2D eigenvalue weighted by atomic mass is 9.69. The lowest BCUT2D eigenvalue weighted by Gasteiger charge is -2.56. The molecule has 2 unspecified atom stereocenters. The maximum atomic E-state index is 14.4. The minimum atomic E-state index is -1.26. The van der Waals surface area contributed by atoms with Crippen LogP contribution in [0, 0.1) is 41.4 Å². The Morgan fingerprint density at radius 1 is 0.986 bits per heavy atom. The zero-order valence-electron chi connectivity index (χ0n) is 44.4. The summed E-state index contributed by atoms with van der Waals surface area (Å²) in [7, 11) is 0. The molecule has 0 aromatic heterocycles. The van der Waals surface area contributed by atoms with Gasteiger partial charge in [-0.25, -0.2) is 5.43 Å². The van der Waals surface area contributed by atoms with Gasteiger partial charge < -0.3 is 51.0 Å². The fourth-order valence-corrected chi connectivity index (χ4v) is 10.5. The highest BCUT2D eigenvalue weighted by Crippen LogP contribution is 2.46. The molecular formula is C56H85N5O12. The van der Waals surface area contributed by atoms with E-state index in [1.165, 1.54) is 23.2 Å². The molecule has 73 heavy (non-hydrogen) atoms. The van der Waals surface area contributed by atoms with E-state index in [-0.39, 0.29) is 67.1 Å². The van der Waals surface area contributed by atoms with E-state index in [0.717, 1.165) is 12.0 Å². The van der Waals surface area contributed by atoms with E-state index >= 15 is 0 Å². The molecule has 4 heterocycles. The van der Waals surface area contributed by atoms with Crippen LogP contribution >= 0.6 is 0 Å². The van der Waals surface area contributed by atoms with Crippen molar-refractivity contribution >= 4 is 29.6 Å². The quantitative estimate of drug-likeness (QED) is 0.101. The Morgan fingerprint density at radius 2 is 1.73 bits per heavy atom. The van der Waals surface area contributed by atoms with Crippen molar-refractivity contribution in [1.29, 1.82) is 0 Å². The molecule has 1 aromatic rings. The average Bonchev–Trinajstić information content (AvgIpc) is 3.35. The first-order valence-electron chi connectivity index (χ1n) is 26.6. The highest BCUT2D eigenvalue weighted by atomic mass is 16.5. The van der Waals surface area contributed by atoms with Crippen LogP contribution < -0.4 is 21.4 Å². The molecule has 0 radical (unpaired) electrons. The summed E-state index contributed by atoms with van der Waals surface area (Å²) in [5.74, 6) is -4.43. The molecule has 16 atom stereocenters. The molecule has 3 saturated heterocycles. The molecule has 4 aliphatic rings. The Bertz CT molecular complexity index is 2160. The van der Waals surface area contributed by atoms with Gasteiger partial charge in [-0.3, -0.25) is 29.0 Å². The number of allylic oxidation sites excluding steroid dienone is 5. The standard InChI is InChI=1S/C56H85N5O12/c1-10-40-27-35(6)56(59-52(40)68)38(9)51(67)37(8)48(73-56)30-45(64)33(4)19-13-11-14-20-34(5)47-25-16-12-15-24-44(63)36(7)46(65)31-49(66)58-50(32(2)3)53(69)57-43(29-39-21-17-22-41(62)28-39)54(70)61-26-18-23-42(60-61)55(71)72-47/h11-12,14-17,20-22,24,28,32-33,35-38,40,42-48,50-51,60,62-65,67H,10,13,18-19,23,25-27,29-31H2,1-9H3,(H,57,69)(H,58,66)(H,59,68)/b14-11+,16-12+,24-15+,34-20+/t33-,35-,36?,37?,38-,40-,42-,43-,44+,45-,46-,47-,48-,50-,51-,56+/m0/s1. The van der Waals surface area contributed by atoms with Crippen LogP contribution in [-0.2, 0) is 39.9 Å². The van der Waals surface area contributed by atoms with Gasteiger partial charge in [-0.1, -0.05) is 110 Å². The van der Waals surface area contributed by atoms with E-state index in [2.05, 4.69) is 28.3 Å². The van der Waals surface area contributed by atoms with Crippen molar-refractivity contribution in [2.24, 2.45) is 41.4 Å². The molecule has 5 rings (SSSR count). The third kappa shape index (κ3) is 15.6. The summed E-state index contributed by atoms with van der Waals surface area (Å²) < 4.78 is 12.9. The highest BCUT2D eigenvalue weighted by Gasteiger charge is 2.57. The number of hydrogen-bond acceptors (Lipinski definition) is 13. The Balaban J connectivity index is 1.30. The van der Waals surface area contributed by atoms with Gasteiger partial charge in [0.2, 0.25) is 17.7 Å². The number of benzene rings is 1. The molecule has 3 fully saturated rings. The van der Waals surface area contributed by atoms with Gasteiger partial charge in [-0.05, 0) is 80.6 Å². The molecule has 17 heteroatoms. The zero-order valence-corrected chi connectivity index (χ0v) is 44.4. The number of cyclic esters (lactones) is 1. The van der Waals surface area contributed by atoms with Gasteiger partial charge >= 0.3 is 5.97 Å². The number of rotatable bonds is 12. The molecule has 0 saturated carbocycles. The van der Waals surface area contributed by atoms with Gasteiger partial charge in [-0.15, -0.1) is 0 Å². The lowest BCUT2D eigenvalue weighted by Crippen LogP contribution is -2.71. The van der Waals surface area contributed by atoms with Crippen LogP contribution in [-0.4, -0.2) is 127 Å². The number of hydrazine groups is 1. The second kappa shape index (κ2) is 27.0. The number of aromatic hydroxyl groups is 1. The number of amides is 4. The third-order valence-corrected chi connectivity index (χ3v) is 15.8. The molecule has 4 aliphatic heterocycles. The van der Waals surface area contributed by atoms with Gasteiger partial charge in [0.05, 0.1) is 36.9 Å². The summed E-state index contributed by atoms with van der Waals surface area (Å²) >= 11 is 0. The van der Waals surface area contributed by atoms with Crippen molar-refractivity contribution in [2.75, 3.05) is 6.54 Å². The number of hydrogen-bond donors (Lipinski definition) is 9. The maximum absolute atomic E-state index is 14.4. The molecule has 2 bridgehead atoms. The second-order valence-corrected chi connectivity index (χ2v) is 21.6. The van der Waals surface area contributed by atoms with Gasteiger partial charge in [0.1, 0.15) is 35.7 Å². The second-order valence-electron chi connectivity index (χ2n) is 21.6. The predicted molar refractivity (Wildman–Crippen MR) is 277 cm³/mol. The van der Waals surface area contributed by atoms with E-state index in [0.29, 0.717) is 44.1 Å². The predicted octanol–water partition coefficient (Wildman–Crippen LogP) is 4.81. The average molecular weight is 1020 g/mol. The zero-order chi connectivity index (χ0) is 53.7. The van der Waals surface area contributed by atoms with Gasteiger partial charge in [-0.2, -0.15) is 0 Å². The number of aliphatic hydroxyl groups excluding tert-OH is 4. The van der Waals surface area contributed by atoms with Crippen molar-refractivity contribution in [3.63, 3.8) is 0 Å². The number of nitrogens with zero attached hydrogens (tertiary/aromatic N) is 1. The van der Waals surface area contributed by atoms with Crippen LogP contribution in [0.3, 0.4) is 0 Å². The van der Waals surface area contributed by atoms with Crippen LogP contribution in [0.25, 0.3) is 0 Å². The fraction of sp³-hybridized carbons (Fsp3) is 0.661. The normalized spacial score (nSPS) is 35.5. The van der Waals surface area contributed by atoms with E-state index in [4.69, 9.17) is 9.47 Å². The molecule has 9 N–H and O–H groups in total. The Morgan fingerprint density at radius 3 is 2.42 bits per heavy atom. The summed E-state index contributed by atoms with van der Waals surface area (Å²) in [5, 5.41) is 64.9. The van der Waals surface area contributed by atoms with Gasteiger partial charge in [0.15, 0.2) is 0 Å². The largest absolute Gasteiger partial charge is 0.508 e. The first-order valence-corrected chi connectivity index (χ1v) is 26.6. The molecule has 4 amide bonds. The Hall–Kier alpha value is -4.91. The number of aliphatic hydroxyl groups is 4. The number of nitrogens with one attached hydrogen (secondary N) is 4. The summed E-state index contributed by atoms with van der Waals surface area (Å²) in [4.78, 5) is 68.6. The molecule has 1 aromatic carbocycles. The Labute approximate surface area is 432 Å². The number of phenolic OH excluding ortho intramolecular Hbond substituents is 1. The minimum Gasteiger partial charge on any atom is -0.508 e. The summed E-state index contributed by atoms with van der Waals surface area (Å²) in [6.07, 6.45) is 11.0. The SMILES string of the molecule is CC[C@H]1C[C@H](C)[C@@]2(NC1=O)O[C@@H](C[C@H](O)[C@@H](C)CC/C=C/C=C(\C)[C@@H]1C/C=C/C=C/[C@@H](O)C(C)[C@@H](O)CC(=O)N[C@@H](C(C)C)C(=O)N[C@@H](Cc3cccc(O)c3)C(=O)N3CCC[C@H](N3)C(=O)O1)C(C)[C@H](O)[C@@H]2C. The van der Waals surface area contributed by atoms with Crippen molar-refractivity contribution in [2.45, 2.75) is 187 Å². The topological polar surface area (TPSA) is 256 Å². The van der Waals surface area contributed by atoms with E-state index in [1.807, 2.05) is 52.8 Å². The number of fused-ring (bicyclic) bond motifs is 2. The molecule has 17 nitrogen and oxygen atoms in total. The minimum absolute atomic E-state index is 0.0152. The highest BCUT2D eigenvalue weighted by molar-refractivity contribution is 5.92. The van der Waals surface area contributed by atoms with Crippen LogP contribution in [0.5, 0.6) is 5.75 Å². The smallest absolute Gasteiger partial charge is 0.325 e. The van der Waals surface area contributed by atoms with E-state index in [1.54, 1.807) is 51.1 Å². The van der Waals surface area contributed by atoms with Gasteiger partial charge in [0, 0.05) is 55.4 Å². The Kier molecular flexibility index (Phi) is 21.8. The van der Waals surface area contributed by atoms with Crippen molar-refractivity contribution in [3.05, 3.63) is 77.9 Å². The number of esters is 1. The van der Waals surface area contributed by atoms with Crippen LogP contribution in [0.2, 0.25) is 0 Å². The molecule has 1 spiro atoms. The number of piperidine rings is 1. The number of phenols is 1. The van der Waals surface area contributed by atoms with Crippen molar-refractivity contribution in [3.8, 4) is 5.75 Å². The fourth-order valence-electron chi connectivity index (χ4n) is 10.5. The van der Waals surface area contributed by atoms with Crippen molar-refractivity contribution in [1.82, 2.24) is 26.4 Å². The summed E-state index contributed by atoms with van der Waals surface area (Å²) in [6.45, 7) is 17.0. The van der Waals surface area contributed by atoms with Crippen molar-refractivity contribution < 1.29 is 59.0 Å². The first-order chi connectivity index (χ1) is 34.6. The first kappa shape index (κ1) is 59.0. The van der Waals surface area contributed by atoms with Crippen LogP contribution in [0.4, 0.5) is 0 Å². The summed E-state index contributed by atoms with van der Waals surface area (Å²) in [5.41, 5.74) is 3.33. The van der Waals surface area contributed by atoms with Gasteiger partial charge in [0.25, 0.3) is 5.91 Å². The van der Waals surface area contributed by atoms with E-state index < -0.39 is 96.0 Å². The molecular weight excluding hydrogens is 935 g/mol. The van der Waals surface area contributed by atoms with E-state index in [9.17, 15) is 49.5 Å². The number of ether oxygens (including phenoxy) is 2. The number of carbonyl (C=O) groups excluding carboxylic acids is 5.